The summed E-state index contributed by atoms with van der Waals surface area (Å²) in [5.41, 5.74) is 5.37. The maximum Gasteiger partial charge on any atom is 0.223 e. The van der Waals surface area contributed by atoms with Gasteiger partial charge in [0.15, 0.2) is 0 Å². The Kier molecular flexibility index (Phi) is 5.05. The maximum atomic E-state index is 11.6. The van der Waals surface area contributed by atoms with Gasteiger partial charge in [0.1, 0.15) is 0 Å². The number of hydrogen-bond donors (Lipinski definition) is 1. The van der Waals surface area contributed by atoms with Crippen molar-refractivity contribution in [3.05, 3.63) is 0 Å². The number of methoxy groups -OCH3 is 1. The molecule has 0 bridgehead atoms. The fourth-order valence-corrected chi connectivity index (χ4v) is 2.17. The van der Waals surface area contributed by atoms with E-state index in [2.05, 4.69) is 0 Å². The van der Waals surface area contributed by atoms with Crippen molar-refractivity contribution < 1.29 is 9.53 Å². The molecule has 1 rings (SSSR count). The van der Waals surface area contributed by atoms with Crippen LogP contribution >= 0.6 is 0 Å². The predicted molar refractivity (Wildman–Crippen MR) is 59.5 cm³/mol. The Hall–Kier alpha value is -0.610. The number of nitrogens with two attached hydrogens (primary N) is 1. The zero-order chi connectivity index (χ0) is 11.3. The van der Waals surface area contributed by atoms with Crippen LogP contribution in [0.1, 0.15) is 32.1 Å². The normalized spacial score (nSPS) is 26.3. The van der Waals surface area contributed by atoms with E-state index < -0.39 is 0 Å². The Morgan fingerprint density at radius 3 is 2.47 bits per heavy atom. The standard InChI is InChI=1S/C11H22N2O2/c1-13(11(14)7-8-12)9-3-5-10(15-2)6-4-9/h9-10H,3-8,12H2,1-2H3. The number of nitrogens with zero attached hydrogens (tertiary/aromatic N) is 1. The SMILES string of the molecule is COC1CCC(N(C)C(=O)CCN)CC1. The highest BCUT2D eigenvalue weighted by Gasteiger charge is 2.25. The van der Waals surface area contributed by atoms with E-state index in [-0.39, 0.29) is 5.91 Å². The smallest absolute Gasteiger partial charge is 0.223 e. The lowest BCUT2D eigenvalue weighted by molar-refractivity contribution is -0.132. The van der Waals surface area contributed by atoms with Crippen molar-refractivity contribution in [1.29, 1.82) is 0 Å². The number of rotatable bonds is 4. The Morgan fingerprint density at radius 2 is 2.00 bits per heavy atom. The Bertz CT molecular complexity index is 201. The van der Waals surface area contributed by atoms with Crippen LogP contribution in [0.4, 0.5) is 0 Å². The first-order valence-electron chi connectivity index (χ1n) is 5.67. The third kappa shape index (κ3) is 3.47. The third-order valence-electron chi connectivity index (χ3n) is 3.28. The van der Waals surface area contributed by atoms with E-state index in [0.717, 1.165) is 25.7 Å². The molecule has 0 atom stereocenters. The third-order valence-corrected chi connectivity index (χ3v) is 3.28. The Labute approximate surface area is 91.8 Å². The van der Waals surface area contributed by atoms with E-state index in [4.69, 9.17) is 10.5 Å². The molecule has 1 saturated carbocycles. The van der Waals surface area contributed by atoms with Gasteiger partial charge in [-0.15, -0.1) is 0 Å². The van der Waals surface area contributed by atoms with Crippen molar-refractivity contribution >= 4 is 5.91 Å². The van der Waals surface area contributed by atoms with Gasteiger partial charge in [-0.05, 0) is 25.7 Å². The number of carbonyl (C=O) groups excluding carboxylic acids is 1. The molecule has 0 radical (unpaired) electrons. The highest BCUT2D eigenvalue weighted by Crippen LogP contribution is 2.24. The Morgan fingerprint density at radius 1 is 1.40 bits per heavy atom. The molecule has 15 heavy (non-hydrogen) atoms. The summed E-state index contributed by atoms with van der Waals surface area (Å²) >= 11 is 0. The van der Waals surface area contributed by atoms with Crippen LogP contribution in [0.3, 0.4) is 0 Å². The van der Waals surface area contributed by atoms with Gasteiger partial charge in [0, 0.05) is 33.2 Å². The molecule has 0 spiro atoms. The van der Waals surface area contributed by atoms with Crippen molar-refractivity contribution in [1.82, 2.24) is 4.90 Å². The second kappa shape index (κ2) is 6.08. The number of ether oxygens (including phenoxy) is 1. The molecule has 1 amide bonds. The topological polar surface area (TPSA) is 55.6 Å². The summed E-state index contributed by atoms with van der Waals surface area (Å²) in [6.07, 6.45) is 5.06. The fraction of sp³-hybridized carbons (Fsp3) is 0.909. The zero-order valence-electron chi connectivity index (χ0n) is 9.74. The van der Waals surface area contributed by atoms with Gasteiger partial charge in [-0.2, -0.15) is 0 Å². The molecule has 0 heterocycles. The first-order chi connectivity index (χ1) is 7.19. The first-order valence-corrected chi connectivity index (χ1v) is 5.67. The number of amides is 1. The van der Waals surface area contributed by atoms with E-state index in [1.54, 1.807) is 7.11 Å². The van der Waals surface area contributed by atoms with Crippen LogP contribution < -0.4 is 5.73 Å². The van der Waals surface area contributed by atoms with Crippen LogP contribution in [0.15, 0.2) is 0 Å². The molecule has 0 aliphatic heterocycles. The highest BCUT2D eigenvalue weighted by atomic mass is 16.5. The lowest BCUT2D eigenvalue weighted by Gasteiger charge is -2.34. The van der Waals surface area contributed by atoms with Crippen molar-refractivity contribution in [2.45, 2.75) is 44.2 Å². The molecule has 0 aromatic rings. The van der Waals surface area contributed by atoms with Gasteiger partial charge in [-0.1, -0.05) is 0 Å². The number of carbonyl (C=O) groups is 1. The molecule has 2 N–H and O–H groups in total. The van der Waals surface area contributed by atoms with Gasteiger partial charge in [0.25, 0.3) is 0 Å². The lowest BCUT2D eigenvalue weighted by Crippen LogP contribution is -2.41. The van der Waals surface area contributed by atoms with Crippen LogP contribution in [-0.2, 0) is 9.53 Å². The lowest BCUT2D eigenvalue weighted by atomic mass is 9.92. The van der Waals surface area contributed by atoms with E-state index in [1.165, 1.54) is 0 Å². The second-order valence-corrected chi connectivity index (χ2v) is 4.21. The summed E-state index contributed by atoms with van der Waals surface area (Å²) in [5.74, 6) is 0.165. The Balaban J connectivity index is 2.35. The van der Waals surface area contributed by atoms with Crippen LogP contribution in [0, 0.1) is 0 Å². The summed E-state index contributed by atoms with van der Waals surface area (Å²) in [6, 6.07) is 0.385. The van der Waals surface area contributed by atoms with Crippen LogP contribution in [-0.4, -0.2) is 43.7 Å². The molecule has 0 saturated heterocycles. The minimum atomic E-state index is 0.165. The molecule has 0 aromatic carbocycles. The van der Waals surface area contributed by atoms with Gasteiger partial charge < -0.3 is 15.4 Å². The average Bonchev–Trinajstić information content (AvgIpc) is 2.28. The molecule has 88 valence electrons. The molecule has 4 nitrogen and oxygen atoms in total. The molecule has 1 fully saturated rings. The van der Waals surface area contributed by atoms with Crippen molar-refractivity contribution in [3.63, 3.8) is 0 Å². The number of hydrogen-bond acceptors (Lipinski definition) is 3. The van der Waals surface area contributed by atoms with Gasteiger partial charge in [0.05, 0.1) is 6.10 Å². The monoisotopic (exact) mass is 214 g/mol. The fourth-order valence-electron chi connectivity index (χ4n) is 2.17. The molecular formula is C11H22N2O2. The van der Waals surface area contributed by atoms with E-state index in [9.17, 15) is 4.79 Å². The van der Waals surface area contributed by atoms with Crippen LogP contribution in [0.2, 0.25) is 0 Å². The van der Waals surface area contributed by atoms with Crippen molar-refractivity contribution in [2.24, 2.45) is 5.73 Å². The first kappa shape index (κ1) is 12.5. The quantitative estimate of drug-likeness (QED) is 0.751. The van der Waals surface area contributed by atoms with E-state index in [0.29, 0.717) is 25.1 Å². The average molecular weight is 214 g/mol. The van der Waals surface area contributed by atoms with Crippen molar-refractivity contribution in [3.8, 4) is 0 Å². The van der Waals surface area contributed by atoms with Gasteiger partial charge in [-0.3, -0.25) is 4.79 Å². The molecular weight excluding hydrogens is 192 g/mol. The van der Waals surface area contributed by atoms with Gasteiger partial charge in [-0.25, -0.2) is 0 Å². The van der Waals surface area contributed by atoms with Gasteiger partial charge >= 0.3 is 0 Å². The largest absolute Gasteiger partial charge is 0.381 e. The summed E-state index contributed by atoms with van der Waals surface area (Å²) in [7, 11) is 3.64. The van der Waals surface area contributed by atoms with E-state index in [1.807, 2.05) is 11.9 Å². The van der Waals surface area contributed by atoms with Crippen molar-refractivity contribution in [2.75, 3.05) is 20.7 Å². The van der Waals surface area contributed by atoms with E-state index >= 15 is 0 Å². The summed E-state index contributed by atoms with van der Waals surface area (Å²) in [6.45, 7) is 0.441. The molecule has 1 aliphatic rings. The second-order valence-electron chi connectivity index (χ2n) is 4.21. The summed E-state index contributed by atoms with van der Waals surface area (Å²) in [4.78, 5) is 13.5. The summed E-state index contributed by atoms with van der Waals surface area (Å²) in [5, 5.41) is 0. The minimum Gasteiger partial charge on any atom is -0.381 e. The minimum absolute atomic E-state index is 0.165. The summed E-state index contributed by atoms with van der Waals surface area (Å²) < 4.78 is 5.30. The highest BCUT2D eigenvalue weighted by molar-refractivity contribution is 5.76. The molecule has 0 aromatic heterocycles. The zero-order valence-corrected chi connectivity index (χ0v) is 9.74. The maximum absolute atomic E-state index is 11.6. The van der Waals surface area contributed by atoms with Gasteiger partial charge in [0.2, 0.25) is 5.91 Å². The molecule has 1 aliphatic carbocycles. The van der Waals surface area contributed by atoms with Crippen LogP contribution in [0.5, 0.6) is 0 Å². The molecule has 0 unspecified atom stereocenters. The van der Waals surface area contributed by atoms with Crippen LogP contribution in [0.25, 0.3) is 0 Å². The molecule has 4 heteroatoms. The predicted octanol–water partition coefficient (Wildman–Crippen LogP) is 0.751.